The standard InChI is InChI=1S/C5H7N5/c1-3-6-2-4-5(7-3)9-10-8-4/h2H2,1H3,(H2,6,7,8,9,10). The molecule has 0 fully saturated rings. The number of fused-ring (bicyclic) bond motifs is 1. The number of H-pyrrole nitrogens is 1. The van der Waals surface area contributed by atoms with E-state index in [0.29, 0.717) is 6.54 Å². The number of aromatic amines is 1. The van der Waals surface area contributed by atoms with E-state index in [2.05, 4.69) is 25.7 Å². The number of hydrogen-bond acceptors (Lipinski definition) is 4. The van der Waals surface area contributed by atoms with Gasteiger partial charge in [-0.1, -0.05) is 0 Å². The Bertz CT molecular complexity index is 273. The molecule has 5 heteroatoms. The molecule has 0 saturated carbocycles. The van der Waals surface area contributed by atoms with Gasteiger partial charge in [0.1, 0.15) is 5.69 Å². The summed E-state index contributed by atoms with van der Waals surface area (Å²) >= 11 is 0. The maximum Gasteiger partial charge on any atom is 0.178 e. The number of hydrogen-bond donors (Lipinski definition) is 2. The normalized spacial score (nSPS) is 15.5. The Morgan fingerprint density at radius 2 is 2.30 bits per heavy atom. The predicted molar refractivity (Wildman–Crippen MR) is 36.8 cm³/mol. The first-order chi connectivity index (χ1) is 4.86. The summed E-state index contributed by atoms with van der Waals surface area (Å²) in [7, 11) is 0. The molecule has 1 aliphatic heterocycles. The Labute approximate surface area is 57.6 Å². The van der Waals surface area contributed by atoms with E-state index in [1.54, 1.807) is 0 Å². The van der Waals surface area contributed by atoms with Crippen LogP contribution in [0.15, 0.2) is 4.99 Å². The first-order valence-electron chi connectivity index (χ1n) is 3.04. The van der Waals surface area contributed by atoms with Gasteiger partial charge in [0.25, 0.3) is 0 Å². The maximum atomic E-state index is 4.13. The summed E-state index contributed by atoms with van der Waals surface area (Å²) < 4.78 is 0. The van der Waals surface area contributed by atoms with Crippen molar-refractivity contribution in [3.8, 4) is 0 Å². The first-order valence-corrected chi connectivity index (χ1v) is 3.04. The molecule has 52 valence electrons. The number of nitrogens with zero attached hydrogens (tertiary/aromatic N) is 3. The average molecular weight is 137 g/mol. The maximum absolute atomic E-state index is 4.13. The van der Waals surface area contributed by atoms with Gasteiger partial charge in [-0.3, -0.25) is 4.99 Å². The topological polar surface area (TPSA) is 66.0 Å². The van der Waals surface area contributed by atoms with Crippen LogP contribution in [-0.2, 0) is 6.54 Å². The van der Waals surface area contributed by atoms with Crippen molar-refractivity contribution >= 4 is 11.7 Å². The van der Waals surface area contributed by atoms with E-state index in [1.807, 2.05) is 6.92 Å². The SMILES string of the molecule is CC1=NCc2n[nH]nc2N1. The first kappa shape index (κ1) is 5.40. The molecule has 2 heterocycles. The quantitative estimate of drug-likeness (QED) is 0.534. The van der Waals surface area contributed by atoms with Crippen LogP contribution in [0.1, 0.15) is 12.6 Å². The lowest BCUT2D eigenvalue weighted by Crippen LogP contribution is -2.13. The average Bonchev–Trinajstić information content (AvgIpc) is 2.33. The van der Waals surface area contributed by atoms with Crippen LogP contribution >= 0.6 is 0 Å². The van der Waals surface area contributed by atoms with Crippen LogP contribution in [0, 0.1) is 0 Å². The number of anilines is 1. The smallest absolute Gasteiger partial charge is 0.178 e. The molecule has 1 aromatic heterocycles. The van der Waals surface area contributed by atoms with Crippen LogP contribution in [0.5, 0.6) is 0 Å². The van der Waals surface area contributed by atoms with Gasteiger partial charge in [-0.2, -0.15) is 10.3 Å². The van der Waals surface area contributed by atoms with Crippen molar-refractivity contribution in [2.75, 3.05) is 5.32 Å². The second-order valence-electron chi connectivity index (χ2n) is 2.15. The lowest BCUT2D eigenvalue weighted by Gasteiger charge is -2.07. The molecule has 10 heavy (non-hydrogen) atoms. The highest BCUT2D eigenvalue weighted by atomic mass is 15.4. The van der Waals surface area contributed by atoms with Crippen LogP contribution in [0.25, 0.3) is 0 Å². The van der Waals surface area contributed by atoms with Crippen LogP contribution in [-0.4, -0.2) is 21.2 Å². The van der Waals surface area contributed by atoms with Gasteiger partial charge in [-0.05, 0) is 6.92 Å². The molecule has 5 nitrogen and oxygen atoms in total. The lowest BCUT2D eigenvalue weighted by molar-refractivity contribution is 0.899. The van der Waals surface area contributed by atoms with Gasteiger partial charge in [0.2, 0.25) is 0 Å². The Balaban J connectivity index is 2.39. The molecule has 1 aromatic rings. The van der Waals surface area contributed by atoms with Crippen molar-refractivity contribution in [2.24, 2.45) is 4.99 Å². The van der Waals surface area contributed by atoms with Crippen molar-refractivity contribution in [1.29, 1.82) is 0 Å². The van der Waals surface area contributed by atoms with Gasteiger partial charge in [-0.15, -0.1) is 5.10 Å². The third kappa shape index (κ3) is 0.671. The zero-order valence-corrected chi connectivity index (χ0v) is 5.55. The molecule has 0 aliphatic carbocycles. The molecular weight excluding hydrogens is 130 g/mol. The van der Waals surface area contributed by atoms with Crippen LogP contribution in [0.3, 0.4) is 0 Å². The van der Waals surface area contributed by atoms with E-state index in [9.17, 15) is 0 Å². The minimum Gasteiger partial charge on any atom is -0.326 e. The molecule has 2 rings (SSSR count). The molecule has 0 radical (unpaired) electrons. The molecular formula is C5H7N5. The zero-order valence-electron chi connectivity index (χ0n) is 5.55. The summed E-state index contributed by atoms with van der Waals surface area (Å²) in [6, 6.07) is 0. The van der Waals surface area contributed by atoms with Gasteiger partial charge < -0.3 is 5.32 Å². The summed E-state index contributed by atoms with van der Waals surface area (Å²) in [6.45, 7) is 2.53. The second-order valence-corrected chi connectivity index (χ2v) is 2.15. The Morgan fingerprint density at radius 1 is 1.40 bits per heavy atom. The van der Waals surface area contributed by atoms with Crippen molar-refractivity contribution in [2.45, 2.75) is 13.5 Å². The van der Waals surface area contributed by atoms with Crippen molar-refractivity contribution in [3.05, 3.63) is 5.69 Å². The fourth-order valence-corrected chi connectivity index (χ4v) is 0.868. The Morgan fingerprint density at radius 3 is 3.20 bits per heavy atom. The zero-order chi connectivity index (χ0) is 6.97. The minimum absolute atomic E-state index is 0.630. The van der Waals surface area contributed by atoms with Crippen LogP contribution in [0.4, 0.5) is 5.82 Å². The summed E-state index contributed by atoms with van der Waals surface area (Å²) in [5, 5.41) is 13.3. The fourth-order valence-electron chi connectivity index (χ4n) is 0.868. The molecule has 0 saturated heterocycles. The van der Waals surface area contributed by atoms with E-state index >= 15 is 0 Å². The monoisotopic (exact) mass is 137 g/mol. The molecule has 0 amide bonds. The number of rotatable bonds is 0. The van der Waals surface area contributed by atoms with E-state index in [0.717, 1.165) is 17.3 Å². The highest BCUT2D eigenvalue weighted by Gasteiger charge is 2.11. The molecule has 0 bridgehead atoms. The van der Waals surface area contributed by atoms with Crippen LogP contribution < -0.4 is 5.32 Å². The summed E-state index contributed by atoms with van der Waals surface area (Å²) in [4.78, 5) is 4.13. The van der Waals surface area contributed by atoms with Gasteiger partial charge in [-0.25, -0.2) is 0 Å². The highest BCUT2D eigenvalue weighted by Crippen LogP contribution is 2.12. The second kappa shape index (κ2) is 1.80. The van der Waals surface area contributed by atoms with Crippen molar-refractivity contribution in [3.63, 3.8) is 0 Å². The molecule has 2 N–H and O–H groups in total. The number of amidine groups is 1. The van der Waals surface area contributed by atoms with Crippen molar-refractivity contribution < 1.29 is 0 Å². The van der Waals surface area contributed by atoms with E-state index in [4.69, 9.17) is 0 Å². The molecule has 0 spiro atoms. The third-order valence-corrected chi connectivity index (χ3v) is 1.39. The lowest BCUT2D eigenvalue weighted by atomic mass is 10.4. The summed E-state index contributed by atoms with van der Waals surface area (Å²) in [5.41, 5.74) is 0.880. The predicted octanol–water partition coefficient (Wildman–Crippen LogP) is 0.149. The number of aliphatic imine (C=N–C) groups is 1. The van der Waals surface area contributed by atoms with E-state index in [1.165, 1.54) is 0 Å². The largest absolute Gasteiger partial charge is 0.326 e. The highest BCUT2D eigenvalue weighted by molar-refractivity contribution is 5.94. The van der Waals surface area contributed by atoms with E-state index < -0.39 is 0 Å². The van der Waals surface area contributed by atoms with Gasteiger partial charge >= 0.3 is 0 Å². The third-order valence-electron chi connectivity index (χ3n) is 1.39. The Kier molecular flexibility index (Phi) is 0.969. The molecule has 0 unspecified atom stereocenters. The minimum atomic E-state index is 0.630. The van der Waals surface area contributed by atoms with E-state index in [-0.39, 0.29) is 0 Å². The molecule has 0 atom stereocenters. The summed E-state index contributed by atoms with van der Waals surface area (Å²) in [6.07, 6.45) is 0. The van der Waals surface area contributed by atoms with Crippen LogP contribution in [0.2, 0.25) is 0 Å². The summed E-state index contributed by atoms with van der Waals surface area (Å²) in [5.74, 6) is 1.69. The van der Waals surface area contributed by atoms with Gasteiger partial charge in [0.05, 0.1) is 12.4 Å². The molecule has 0 aromatic carbocycles. The van der Waals surface area contributed by atoms with Crippen molar-refractivity contribution in [1.82, 2.24) is 15.4 Å². The molecule has 1 aliphatic rings. The van der Waals surface area contributed by atoms with Gasteiger partial charge in [0.15, 0.2) is 5.82 Å². The number of aromatic nitrogens is 3. The van der Waals surface area contributed by atoms with Gasteiger partial charge in [0, 0.05) is 0 Å². The fraction of sp³-hybridized carbons (Fsp3) is 0.400. The number of nitrogens with one attached hydrogen (secondary N) is 2. The Hall–Kier alpha value is -1.39.